The lowest BCUT2D eigenvalue weighted by atomic mass is 10.0. The summed E-state index contributed by atoms with van der Waals surface area (Å²) in [4.78, 5) is 14.2. The number of halogens is 2. The maximum absolute atomic E-state index is 10.9. The third-order valence-electron chi connectivity index (χ3n) is 3.94. The Morgan fingerprint density at radius 3 is 2.48 bits per heavy atom. The minimum Gasteiger partial charge on any atom is -0.481 e. The smallest absolute Gasteiger partial charge is 0.307 e. The number of carboxylic acids is 1. The quantitative estimate of drug-likeness (QED) is 0.468. The molecule has 0 bridgehead atoms. The van der Waals surface area contributed by atoms with Crippen LogP contribution in [0.2, 0.25) is 0 Å². The van der Waals surface area contributed by atoms with Crippen molar-refractivity contribution in [3.8, 4) is 11.5 Å². The first-order chi connectivity index (χ1) is 11.8. The van der Waals surface area contributed by atoms with Gasteiger partial charge in [-0.25, -0.2) is 0 Å². The number of benzene rings is 2. The Labute approximate surface area is 162 Å². The Kier molecular flexibility index (Phi) is 5.20. The third kappa shape index (κ3) is 3.90. The molecule has 1 heterocycles. The summed E-state index contributed by atoms with van der Waals surface area (Å²) < 4.78 is 7.47. The van der Waals surface area contributed by atoms with Gasteiger partial charge in [0.1, 0.15) is 5.75 Å². The van der Waals surface area contributed by atoms with E-state index < -0.39 is 5.97 Å². The lowest BCUT2D eigenvalue weighted by Crippen LogP contribution is -2.00. The minimum atomic E-state index is -0.869. The van der Waals surface area contributed by atoms with Crippen molar-refractivity contribution in [3.63, 3.8) is 0 Å². The van der Waals surface area contributed by atoms with Crippen molar-refractivity contribution in [3.05, 3.63) is 56.6 Å². The minimum absolute atomic E-state index is 0.0372. The van der Waals surface area contributed by atoms with Crippen LogP contribution in [0.3, 0.4) is 0 Å². The van der Waals surface area contributed by atoms with Crippen molar-refractivity contribution < 1.29 is 14.6 Å². The van der Waals surface area contributed by atoms with Crippen LogP contribution in [0.1, 0.15) is 30.9 Å². The normalized spacial score (nSPS) is 11.2. The van der Waals surface area contributed by atoms with E-state index in [0.29, 0.717) is 26.2 Å². The molecule has 2 N–H and O–H groups in total. The zero-order chi connectivity index (χ0) is 18.1. The van der Waals surface area contributed by atoms with Crippen LogP contribution < -0.4 is 4.74 Å². The fourth-order valence-corrected chi connectivity index (χ4v) is 4.21. The molecule has 0 aliphatic heterocycles. The average Bonchev–Trinajstić information content (AvgIpc) is 2.93. The van der Waals surface area contributed by atoms with Crippen LogP contribution in [-0.2, 0) is 11.2 Å². The molecule has 6 heteroatoms. The molecule has 0 spiro atoms. The number of H-pyrrole nitrogens is 1. The summed E-state index contributed by atoms with van der Waals surface area (Å²) in [6.07, 6.45) is 2.00. The Balaban J connectivity index is 1.95. The summed E-state index contributed by atoms with van der Waals surface area (Å²) in [5.41, 5.74) is 3.02. The van der Waals surface area contributed by atoms with Gasteiger partial charge >= 0.3 is 5.97 Å². The molecule has 0 atom stereocenters. The standard InChI is InChI=1S/C19H17Br2NO3/c1-10(2)14-9-22-17-4-3-12(8-13(14)17)25-19-15(20)5-11(6-16(19)21)7-18(23)24/h3-6,8-10,22H,7H2,1-2H3,(H,23,24). The second kappa shape index (κ2) is 7.22. The highest BCUT2D eigenvalue weighted by Gasteiger charge is 2.14. The van der Waals surface area contributed by atoms with E-state index in [9.17, 15) is 4.79 Å². The Bertz CT molecular complexity index is 924. The van der Waals surface area contributed by atoms with Gasteiger partial charge in [-0.15, -0.1) is 0 Å². The SMILES string of the molecule is CC(C)c1c[nH]c2ccc(Oc3c(Br)cc(CC(=O)O)cc3Br)cc12. The first kappa shape index (κ1) is 18.0. The number of hydrogen-bond donors (Lipinski definition) is 2. The Morgan fingerprint density at radius 1 is 1.20 bits per heavy atom. The van der Waals surface area contributed by atoms with Gasteiger partial charge in [0, 0.05) is 17.1 Å². The van der Waals surface area contributed by atoms with Gasteiger partial charge in [-0.2, -0.15) is 0 Å². The summed E-state index contributed by atoms with van der Waals surface area (Å²) in [7, 11) is 0. The van der Waals surface area contributed by atoms with Gasteiger partial charge in [0.05, 0.1) is 15.4 Å². The third-order valence-corrected chi connectivity index (χ3v) is 5.12. The van der Waals surface area contributed by atoms with E-state index in [0.717, 1.165) is 16.7 Å². The molecule has 0 saturated carbocycles. The number of aliphatic carboxylic acids is 1. The largest absolute Gasteiger partial charge is 0.481 e. The zero-order valence-electron chi connectivity index (χ0n) is 13.8. The van der Waals surface area contributed by atoms with E-state index in [4.69, 9.17) is 9.84 Å². The van der Waals surface area contributed by atoms with Crippen molar-refractivity contribution in [2.45, 2.75) is 26.2 Å². The number of nitrogens with one attached hydrogen (secondary N) is 1. The van der Waals surface area contributed by atoms with Gasteiger partial charge < -0.3 is 14.8 Å². The van der Waals surface area contributed by atoms with E-state index in [-0.39, 0.29) is 6.42 Å². The molecular formula is C19H17Br2NO3. The molecule has 0 aliphatic carbocycles. The number of ether oxygens (including phenoxy) is 1. The van der Waals surface area contributed by atoms with Crippen LogP contribution in [0.4, 0.5) is 0 Å². The first-order valence-electron chi connectivity index (χ1n) is 7.83. The summed E-state index contributed by atoms with van der Waals surface area (Å²) in [5.74, 6) is 0.890. The number of aromatic nitrogens is 1. The highest BCUT2D eigenvalue weighted by atomic mass is 79.9. The molecule has 2 aromatic carbocycles. The van der Waals surface area contributed by atoms with E-state index in [1.54, 1.807) is 12.1 Å². The number of carboxylic acid groups (broad SMARTS) is 1. The molecular weight excluding hydrogens is 450 g/mol. The second-order valence-electron chi connectivity index (χ2n) is 6.17. The molecule has 0 saturated heterocycles. The van der Waals surface area contributed by atoms with E-state index in [2.05, 4.69) is 50.7 Å². The fourth-order valence-electron chi connectivity index (χ4n) is 2.77. The highest BCUT2D eigenvalue weighted by molar-refractivity contribution is 9.11. The van der Waals surface area contributed by atoms with Gasteiger partial charge in [0.15, 0.2) is 5.75 Å². The molecule has 0 amide bonds. The molecule has 130 valence electrons. The Morgan fingerprint density at radius 2 is 1.88 bits per heavy atom. The molecule has 3 aromatic rings. The van der Waals surface area contributed by atoms with Crippen LogP contribution in [0.25, 0.3) is 10.9 Å². The molecule has 25 heavy (non-hydrogen) atoms. The summed E-state index contributed by atoms with van der Waals surface area (Å²) in [6.45, 7) is 4.31. The van der Waals surface area contributed by atoms with Crippen LogP contribution >= 0.6 is 31.9 Å². The molecule has 4 nitrogen and oxygen atoms in total. The van der Waals surface area contributed by atoms with Gasteiger partial charge in [-0.05, 0) is 79.2 Å². The number of rotatable bonds is 5. The van der Waals surface area contributed by atoms with Gasteiger partial charge in [-0.3, -0.25) is 4.79 Å². The summed E-state index contributed by atoms with van der Waals surface area (Å²) in [6, 6.07) is 9.46. The first-order valence-corrected chi connectivity index (χ1v) is 9.42. The van der Waals surface area contributed by atoms with Crippen LogP contribution in [0.15, 0.2) is 45.5 Å². The summed E-state index contributed by atoms with van der Waals surface area (Å²) in [5, 5.41) is 10.1. The molecule has 3 rings (SSSR count). The van der Waals surface area contributed by atoms with Crippen LogP contribution in [0, 0.1) is 0 Å². The molecule has 0 radical (unpaired) electrons. The number of fused-ring (bicyclic) bond motifs is 1. The van der Waals surface area contributed by atoms with E-state index in [1.165, 1.54) is 5.56 Å². The predicted molar refractivity (Wildman–Crippen MR) is 106 cm³/mol. The van der Waals surface area contributed by atoms with Crippen molar-refractivity contribution in [1.29, 1.82) is 0 Å². The second-order valence-corrected chi connectivity index (χ2v) is 7.88. The fraction of sp³-hybridized carbons (Fsp3) is 0.211. The predicted octanol–water partition coefficient (Wildman–Crippen LogP) is 6.24. The van der Waals surface area contributed by atoms with Gasteiger partial charge in [-0.1, -0.05) is 13.8 Å². The maximum atomic E-state index is 10.9. The number of carbonyl (C=O) groups is 1. The van der Waals surface area contributed by atoms with Gasteiger partial charge in [0.25, 0.3) is 0 Å². The van der Waals surface area contributed by atoms with Crippen molar-refractivity contribution in [2.75, 3.05) is 0 Å². The molecule has 0 aliphatic rings. The molecule has 0 unspecified atom stereocenters. The number of hydrogen-bond acceptors (Lipinski definition) is 2. The van der Waals surface area contributed by atoms with Crippen LogP contribution in [-0.4, -0.2) is 16.1 Å². The van der Waals surface area contributed by atoms with Crippen molar-refractivity contribution in [1.82, 2.24) is 4.98 Å². The monoisotopic (exact) mass is 465 g/mol. The lowest BCUT2D eigenvalue weighted by molar-refractivity contribution is -0.136. The zero-order valence-corrected chi connectivity index (χ0v) is 16.9. The molecule has 1 aromatic heterocycles. The highest BCUT2D eigenvalue weighted by Crippen LogP contribution is 2.39. The maximum Gasteiger partial charge on any atom is 0.307 e. The topological polar surface area (TPSA) is 62.3 Å². The van der Waals surface area contributed by atoms with Crippen LogP contribution in [0.5, 0.6) is 11.5 Å². The Hall–Kier alpha value is -1.79. The van der Waals surface area contributed by atoms with Crippen molar-refractivity contribution >= 4 is 48.7 Å². The lowest BCUT2D eigenvalue weighted by Gasteiger charge is -2.12. The molecule has 0 fully saturated rings. The average molecular weight is 467 g/mol. The number of aromatic amines is 1. The van der Waals surface area contributed by atoms with Gasteiger partial charge in [0.2, 0.25) is 0 Å². The van der Waals surface area contributed by atoms with Crippen molar-refractivity contribution in [2.24, 2.45) is 0 Å². The van der Waals surface area contributed by atoms with E-state index >= 15 is 0 Å². The summed E-state index contributed by atoms with van der Waals surface area (Å²) >= 11 is 6.94. The van der Waals surface area contributed by atoms with E-state index in [1.807, 2.05) is 24.4 Å².